The molecule has 0 unspecified atom stereocenters. The van der Waals surface area contributed by atoms with Crippen molar-refractivity contribution < 1.29 is 4.79 Å². The lowest BCUT2D eigenvalue weighted by molar-refractivity contribution is -0.113. The van der Waals surface area contributed by atoms with E-state index in [2.05, 4.69) is 31.4 Å². The van der Waals surface area contributed by atoms with Crippen LogP contribution >= 0.6 is 27.7 Å². The number of halogens is 1. The van der Waals surface area contributed by atoms with Crippen molar-refractivity contribution in [1.82, 2.24) is 14.8 Å². The zero-order valence-corrected chi connectivity index (χ0v) is 13.5. The Morgan fingerprint density at radius 3 is 2.85 bits per heavy atom. The van der Waals surface area contributed by atoms with E-state index >= 15 is 0 Å². The van der Waals surface area contributed by atoms with Crippen LogP contribution in [0.5, 0.6) is 0 Å². The van der Waals surface area contributed by atoms with E-state index in [0.717, 1.165) is 15.7 Å². The predicted octanol–water partition coefficient (Wildman–Crippen LogP) is 2.20. The molecule has 2 aromatic rings. The number of amides is 1. The molecule has 2 rings (SSSR count). The van der Waals surface area contributed by atoms with Crippen LogP contribution < -0.4 is 11.1 Å². The Kier molecular flexibility index (Phi) is 4.66. The van der Waals surface area contributed by atoms with Gasteiger partial charge in [-0.3, -0.25) is 9.36 Å². The van der Waals surface area contributed by atoms with Crippen molar-refractivity contribution in [3.8, 4) is 0 Å². The molecule has 1 amide bonds. The summed E-state index contributed by atoms with van der Waals surface area (Å²) in [6.07, 6.45) is 0. The second kappa shape index (κ2) is 6.27. The zero-order chi connectivity index (χ0) is 14.7. The second-order valence-electron chi connectivity index (χ2n) is 4.22. The van der Waals surface area contributed by atoms with Crippen LogP contribution in [0, 0.1) is 6.92 Å². The van der Waals surface area contributed by atoms with Crippen LogP contribution in [0.1, 0.15) is 5.56 Å². The van der Waals surface area contributed by atoms with E-state index in [1.807, 2.05) is 25.1 Å². The van der Waals surface area contributed by atoms with Crippen molar-refractivity contribution in [2.75, 3.05) is 16.8 Å². The Morgan fingerprint density at radius 2 is 2.25 bits per heavy atom. The first-order valence-corrected chi connectivity index (χ1v) is 7.59. The summed E-state index contributed by atoms with van der Waals surface area (Å²) in [5.74, 6) is 0.460. The van der Waals surface area contributed by atoms with Gasteiger partial charge in [0, 0.05) is 11.5 Å². The highest BCUT2D eigenvalue weighted by atomic mass is 79.9. The van der Waals surface area contributed by atoms with Gasteiger partial charge in [-0.15, -0.1) is 10.2 Å². The van der Waals surface area contributed by atoms with Gasteiger partial charge in [0.25, 0.3) is 0 Å². The monoisotopic (exact) mass is 355 g/mol. The molecule has 8 heteroatoms. The summed E-state index contributed by atoms with van der Waals surface area (Å²) in [6, 6.07) is 5.76. The van der Waals surface area contributed by atoms with Crippen LogP contribution in [0.25, 0.3) is 0 Å². The minimum atomic E-state index is -0.110. The molecule has 20 heavy (non-hydrogen) atoms. The maximum Gasteiger partial charge on any atom is 0.234 e. The van der Waals surface area contributed by atoms with E-state index in [1.54, 1.807) is 11.6 Å². The molecule has 0 aliphatic heterocycles. The smallest absolute Gasteiger partial charge is 0.234 e. The van der Waals surface area contributed by atoms with Crippen LogP contribution in [0.15, 0.2) is 27.8 Å². The lowest BCUT2D eigenvalue weighted by Gasteiger charge is -2.07. The average Bonchev–Trinajstić information content (AvgIpc) is 2.71. The summed E-state index contributed by atoms with van der Waals surface area (Å²) in [5, 5.41) is 11.1. The Hall–Kier alpha value is -1.54. The number of anilines is 2. The van der Waals surface area contributed by atoms with Crippen molar-refractivity contribution in [3.05, 3.63) is 28.2 Å². The molecule has 0 atom stereocenters. The molecule has 0 saturated heterocycles. The first kappa shape index (κ1) is 14.9. The Balaban J connectivity index is 1.94. The van der Waals surface area contributed by atoms with E-state index in [1.165, 1.54) is 11.8 Å². The highest BCUT2D eigenvalue weighted by Gasteiger charge is 2.10. The number of carbonyl (C=O) groups excluding carboxylic acids is 1. The molecule has 3 N–H and O–H groups in total. The second-order valence-corrected chi connectivity index (χ2v) is 6.02. The van der Waals surface area contributed by atoms with Gasteiger partial charge in [-0.1, -0.05) is 17.8 Å². The first-order valence-electron chi connectivity index (χ1n) is 5.81. The molecule has 0 spiro atoms. The van der Waals surface area contributed by atoms with E-state index in [9.17, 15) is 4.79 Å². The van der Waals surface area contributed by atoms with Crippen LogP contribution in [0.2, 0.25) is 0 Å². The molecule has 0 aliphatic carbocycles. The number of nitrogens with one attached hydrogen (secondary N) is 1. The van der Waals surface area contributed by atoms with Gasteiger partial charge in [0.2, 0.25) is 11.9 Å². The zero-order valence-electron chi connectivity index (χ0n) is 11.1. The van der Waals surface area contributed by atoms with Crippen molar-refractivity contribution in [3.63, 3.8) is 0 Å². The van der Waals surface area contributed by atoms with Gasteiger partial charge >= 0.3 is 0 Å². The topological polar surface area (TPSA) is 85.8 Å². The van der Waals surface area contributed by atoms with Gasteiger partial charge < -0.3 is 11.1 Å². The van der Waals surface area contributed by atoms with E-state index in [-0.39, 0.29) is 11.7 Å². The predicted molar refractivity (Wildman–Crippen MR) is 83.6 cm³/mol. The van der Waals surface area contributed by atoms with Crippen LogP contribution in [0.4, 0.5) is 11.6 Å². The molecular weight excluding hydrogens is 342 g/mol. The maximum atomic E-state index is 11.9. The molecule has 106 valence electrons. The fourth-order valence-electron chi connectivity index (χ4n) is 1.49. The third-order valence-electron chi connectivity index (χ3n) is 2.60. The fourth-order valence-corrected chi connectivity index (χ4v) is 2.80. The molecular formula is C12H14BrN5OS. The van der Waals surface area contributed by atoms with Gasteiger partial charge in [0.05, 0.1) is 11.4 Å². The fraction of sp³-hybridized carbons (Fsp3) is 0.250. The molecule has 1 aromatic carbocycles. The summed E-state index contributed by atoms with van der Waals surface area (Å²) in [7, 11) is 1.76. The third kappa shape index (κ3) is 3.51. The molecule has 0 fully saturated rings. The Morgan fingerprint density at radius 1 is 1.50 bits per heavy atom. The number of nitrogens with two attached hydrogens (primary N) is 1. The van der Waals surface area contributed by atoms with Crippen molar-refractivity contribution in [2.45, 2.75) is 12.1 Å². The normalized spacial score (nSPS) is 10.6. The number of nitrogen functional groups attached to an aromatic ring is 1. The number of aromatic nitrogens is 3. The SMILES string of the molecule is Cc1ccc(NC(=O)CSc2nnc(N)n2C)c(Br)c1. The van der Waals surface area contributed by atoms with Crippen molar-refractivity contribution in [1.29, 1.82) is 0 Å². The standard InChI is InChI=1S/C12H14BrN5OS/c1-7-3-4-9(8(13)5-7)15-10(19)6-20-12-17-16-11(14)18(12)2/h3-5H,6H2,1-2H3,(H2,14,16)(H,15,19). The maximum absolute atomic E-state index is 11.9. The van der Waals surface area contributed by atoms with Gasteiger partial charge in [0.15, 0.2) is 5.16 Å². The first-order chi connectivity index (χ1) is 9.47. The molecule has 0 aliphatic rings. The molecule has 6 nitrogen and oxygen atoms in total. The largest absolute Gasteiger partial charge is 0.368 e. The lowest BCUT2D eigenvalue weighted by atomic mass is 10.2. The van der Waals surface area contributed by atoms with Gasteiger partial charge in [0.1, 0.15) is 0 Å². The van der Waals surface area contributed by atoms with Crippen LogP contribution in [-0.2, 0) is 11.8 Å². The van der Waals surface area contributed by atoms with Crippen LogP contribution in [-0.4, -0.2) is 26.4 Å². The van der Waals surface area contributed by atoms with Crippen molar-refractivity contribution >= 4 is 45.2 Å². The quantitative estimate of drug-likeness (QED) is 0.821. The average molecular weight is 356 g/mol. The minimum absolute atomic E-state index is 0.110. The number of aryl methyl sites for hydroxylation is 1. The molecule has 0 bridgehead atoms. The van der Waals surface area contributed by atoms with Gasteiger partial charge in [-0.25, -0.2) is 0 Å². The van der Waals surface area contributed by atoms with Gasteiger partial charge in [-0.05, 0) is 40.5 Å². The minimum Gasteiger partial charge on any atom is -0.368 e. The summed E-state index contributed by atoms with van der Waals surface area (Å²) in [4.78, 5) is 11.9. The third-order valence-corrected chi connectivity index (χ3v) is 4.28. The summed E-state index contributed by atoms with van der Waals surface area (Å²) in [5.41, 5.74) is 7.45. The van der Waals surface area contributed by atoms with Crippen molar-refractivity contribution in [2.24, 2.45) is 7.05 Å². The van der Waals surface area contributed by atoms with Crippen LogP contribution in [0.3, 0.4) is 0 Å². The number of nitrogens with zero attached hydrogens (tertiary/aromatic N) is 3. The molecule has 1 aromatic heterocycles. The summed E-state index contributed by atoms with van der Waals surface area (Å²) >= 11 is 4.71. The molecule has 1 heterocycles. The van der Waals surface area contributed by atoms with E-state index in [4.69, 9.17) is 5.73 Å². The summed E-state index contributed by atoms with van der Waals surface area (Å²) < 4.78 is 2.50. The van der Waals surface area contributed by atoms with E-state index in [0.29, 0.717) is 11.1 Å². The van der Waals surface area contributed by atoms with E-state index < -0.39 is 0 Å². The Bertz CT molecular complexity index is 643. The van der Waals surface area contributed by atoms with Gasteiger partial charge in [-0.2, -0.15) is 0 Å². The number of hydrogen-bond donors (Lipinski definition) is 2. The lowest BCUT2D eigenvalue weighted by Crippen LogP contribution is -2.15. The highest BCUT2D eigenvalue weighted by Crippen LogP contribution is 2.24. The number of thioether (sulfide) groups is 1. The Labute approximate surface area is 129 Å². The number of hydrogen-bond acceptors (Lipinski definition) is 5. The summed E-state index contributed by atoms with van der Waals surface area (Å²) in [6.45, 7) is 1.99. The number of rotatable bonds is 4. The number of carbonyl (C=O) groups is 1. The molecule has 0 radical (unpaired) electrons. The molecule has 0 saturated carbocycles. The number of benzene rings is 1. The highest BCUT2D eigenvalue weighted by molar-refractivity contribution is 9.10.